The molecule has 2 N–H and O–H groups in total. The van der Waals surface area contributed by atoms with Crippen LogP contribution in [0.4, 0.5) is 0 Å². The second-order valence-corrected chi connectivity index (χ2v) is 8.03. The molecule has 1 aromatic rings. The van der Waals surface area contributed by atoms with E-state index in [0.29, 0.717) is 23.2 Å². The van der Waals surface area contributed by atoms with Gasteiger partial charge in [-0.25, -0.2) is 0 Å². The van der Waals surface area contributed by atoms with Crippen LogP contribution in [0.5, 0.6) is 0 Å². The number of thioether (sulfide) groups is 1. The van der Waals surface area contributed by atoms with Gasteiger partial charge in [0.15, 0.2) is 0 Å². The molecule has 0 spiro atoms. The zero-order chi connectivity index (χ0) is 18.1. The third-order valence-corrected chi connectivity index (χ3v) is 6.35. The Morgan fingerprint density at radius 2 is 1.88 bits per heavy atom. The number of ketones is 1. The summed E-state index contributed by atoms with van der Waals surface area (Å²) in [7, 11) is 0. The number of rotatable bonds is 11. The third kappa shape index (κ3) is 6.83. The van der Waals surface area contributed by atoms with E-state index >= 15 is 0 Å². The maximum Gasteiger partial charge on any atom is 0.303 e. The standard InChI is InChI=1S/C20H28O4S/c21-17-12-13-19(16(17)10-6-1-2-7-11-20(23)24)25-14-18(22)15-8-4-3-5-9-15/h3-5,8-9,16,18-19,22H,1-2,6-7,10-14H2,(H,23,24). The maximum absolute atomic E-state index is 12.2. The number of hydrogen-bond donors (Lipinski definition) is 2. The minimum Gasteiger partial charge on any atom is -0.481 e. The molecule has 1 aromatic carbocycles. The number of aliphatic hydroxyl groups is 1. The summed E-state index contributed by atoms with van der Waals surface area (Å²) in [5, 5.41) is 19.2. The fraction of sp³-hybridized carbons (Fsp3) is 0.600. The van der Waals surface area contributed by atoms with Crippen molar-refractivity contribution < 1.29 is 19.8 Å². The Hall–Kier alpha value is -1.33. The van der Waals surface area contributed by atoms with Crippen LogP contribution in [-0.2, 0) is 9.59 Å². The van der Waals surface area contributed by atoms with Crippen molar-refractivity contribution in [3.05, 3.63) is 35.9 Å². The van der Waals surface area contributed by atoms with E-state index in [0.717, 1.165) is 44.1 Å². The van der Waals surface area contributed by atoms with Crippen molar-refractivity contribution in [3.63, 3.8) is 0 Å². The van der Waals surface area contributed by atoms with Gasteiger partial charge in [-0.1, -0.05) is 49.6 Å². The van der Waals surface area contributed by atoms with Gasteiger partial charge in [-0.3, -0.25) is 9.59 Å². The molecule has 138 valence electrons. The second-order valence-electron chi connectivity index (χ2n) is 6.76. The molecule has 0 saturated heterocycles. The van der Waals surface area contributed by atoms with E-state index in [9.17, 15) is 14.7 Å². The Kier molecular flexibility index (Phi) is 8.49. The van der Waals surface area contributed by atoms with Crippen molar-refractivity contribution in [2.75, 3.05) is 5.75 Å². The lowest BCUT2D eigenvalue weighted by atomic mass is 9.98. The zero-order valence-corrected chi connectivity index (χ0v) is 15.4. The van der Waals surface area contributed by atoms with E-state index in [1.54, 1.807) is 11.8 Å². The maximum atomic E-state index is 12.2. The summed E-state index contributed by atoms with van der Waals surface area (Å²) in [6.45, 7) is 0. The van der Waals surface area contributed by atoms with Gasteiger partial charge in [0.1, 0.15) is 5.78 Å². The molecule has 1 aliphatic carbocycles. The van der Waals surface area contributed by atoms with Crippen molar-refractivity contribution in [1.29, 1.82) is 0 Å². The number of benzene rings is 1. The number of Topliss-reactive ketones (excluding diaryl/α,β-unsaturated/α-hetero) is 1. The number of unbranched alkanes of at least 4 members (excludes halogenated alkanes) is 3. The van der Waals surface area contributed by atoms with Crippen molar-refractivity contribution in [1.82, 2.24) is 0 Å². The van der Waals surface area contributed by atoms with Gasteiger partial charge >= 0.3 is 5.97 Å². The normalized spacial score (nSPS) is 21.4. The molecule has 1 aliphatic rings. The number of hydrogen-bond acceptors (Lipinski definition) is 4. The van der Waals surface area contributed by atoms with Crippen molar-refractivity contribution in [3.8, 4) is 0 Å². The number of carboxylic acids is 1. The molecule has 3 atom stereocenters. The van der Waals surface area contributed by atoms with Gasteiger partial charge in [-0.15, -0.1) is 0 Å². The smallest absolute Gasteiger partial charge is 0.303 e. The molecule has 0 bridgehead atoms. The van der Waals surface area contributed by atoms with Crippen LogP contribution in [0.25, 0.3) is 0 Å². The molecule has 5 heteroatoms. The summed E-state index contributed by atoms with van der Waals surface area (Å²) >= 11 is 1.72. The van der Waals surface area contributed by atoms with Crippen molar-refractivity contribution in [2.45, 2.75) is 62.7 Å². The first kappa shape index (κ1) is 20.0. The SMILES string of the molecule is O=C(O)CCCCCCC1C(=O)CCC1SCC(O)c1ccccc1. The summed E-state index contributed by atoms with van der Waals surface area (Å²) in [5.74, 6) is 0.348. The van der Waals surface area contributed by atoms with Crippen LogP contribution >= 0.6 is 11.8 Å². The largest absolute Gasteiger partial charge is 0.481 e. The number of carbonyl (C=O) groups excluding carboxylic acids is 1. The quantitative estimate of drug-likeness (QED) is 0.575. The molecule has 0 aromatic heterocycles. The van der Waals surface area contributed by atoms with Gasteiger partial charge in [-0.2, -0.15) is 11.8 Å². The molecular formula is C20H28O4S. The summed E-state index contributed by atoms with van der Waals surface area (Å²) in [6, 6.07) is 9.65. The van der Waals surface area contributed by atoms with E-state index in [1.165, 1.54) is 0 Å². The van der Waals surface area contributed by atoms with E-state index < -0.39 is 12.1 Å². The van der Waals surface area contributed by atoms with Crippen LogP contribution in [-0.4, -0.2) is 33.0 Å². The highest BCUT2D eigenvalue weighted by Gasteiger charge is 2.34. The Morgan fingerprint density at radius 3 is 2.60 bits per heavy atom. The molecule has 4 nitrogen and oxygen atoms in total. The lowest BCUT2D eigenvalue weighted by molar-refractivity contribution is -0.137. The average molecular weight is 365 g/mol. The molecule has 0 heterocycles. The van der Waals surface area contributed by atoms with Crippen LogP contribution in [0.15, 0.2) is 30.3 Å². The summed E-state index contributed by atoms with van der Waals surface area (Å²) in [6.07, 6.45) is 5.81. The second kappa shape index (κ2) is 10.6. The minimum absolute atomic E-state index is 0.104. The fourth-order valence-corrected chi connectivity index (χ4v) is 4.83. The number of carbonyl (C=O) groups is 2. The molecular weight excluding hydrogens is 336 g/mol. The first-order valence-electron chi connectivity index (χ1n) is 9.17. The highest BCUT2D eigenvalue weighted by molar-refractivity contribution is 8.00. The fourth-order valence-electron chi connectivity index (χ4n) is 3.40. The van der Waals surface area contributed by atoms with E-state index in [-0.39, 0.29) is 12.3 Å². The lowest BCUT2D eigenvalue weighted by Crippen LogP contribution is -2.18. The van der Waals surface area contributed by atoms with Crippen molar-refractivity contribution in [2.24, 2.45) is 5.92 Å². The van der Waals surface area contributed by atoms with Gasteiger partial charge in [0.2, 0.25) is 0 Å². The summed E-state index contributed by atoms with van der Waals surface area (Å²) < 4.78 is 0. The van der Waals surface area contributed by atoms with Crippen LogP contribution in [0, 0.1) is 5.92 Å². The molecule has 3 unspecified atom stereocenters. The van der Waals surface area contributed by atoms with Crippen LogP contribution < -0.4 is 0 Å². The molecule has 1 saturated carbocycles. The van der Waals surface area contributed by atoms with E-state index in [1.807, 2.05) is 30.3 Å². The highest BCUT2D eigenvalue weighted by Crippen LogP contribution is 2.37. The van der Waals surface area contributed by atoms with Gasteiger partial charge in [0.05, 0.1) is 6.10 Å². The predicted molar refractivity (Wildman–Crippen MR) is 101 cm³/mol. The van der Waals surface area contributed by atoms with Gasteiger partial charge in [0.25, 0.3) is 0 Å². The Bertz CT molecular complexity index is 546. The van der Waals surface area contributed by atoms with Gasteiger partial charge in [-0.05, 0) is 24.8 Å². The van der Waals surface area contributed by atoms with Gasteiger partial charge in [0, 0.05) is 29.8 Å². The number of aliphatic hydroxyl groups excluding tert-OH is 1. The highest BCUT2D eigenvalue weighted by atomic mass is 32.2. The Balaban J connectivity index is 1.70. The Labute approximate surface area is 154 Å². The van der Waals surface area contributed by atoms with E-state index in [2.05, 4.69) is 0 Å². The summed E-state index contributed by atoms with van der Waals surface area (Å²) in [4.78, 5) is 22.6. The van der Waals surface area contributed by atoms with Crippen LogP contribution in [0.2, 0.25) is 0 Å². The van der Waals surface area contributed by atoms with Crippen LogP contribution in [0.3, 0.4) is 0 Å². The lowest BCUT2D eigenvalue weighted by Gasteiger charge is -2.20. The molecule has 25 heavy (non-hydrogen) atoms. The molecule has 1 fully saturated rings. The minimum atomic E-state index is -0.737. The van der Waals surface area contributed by atoms with Gasteiger partial charge < -0.3 is 10.2 Å². The van der Waals surface area contributed by atoms with Crippen LogP contribution in [0.1, 0.15) is 63.0 Å². The molecule has 0 amide bonds. The zero-order valence-electron chi connectivity index (χ0n) is 14.6. The van der Waals surface area contributed by atoms with E-state index in [4.69, 9.17) is 5.11 Å². The predicted octanol–water partition coefficient (Wildman–Crippen LogP) is 4.23. The molecule has 0 aliphatic heterocycles. The first-order chi connectivity index (χ1) is 12.1. The van der Waals surface area contributed by atoms with Crippen molar-refractivity contribution >= 4 is 23.5 Å². The molecule has 0 radical (unpaired) electrons. The number of carboxylic acid groups (broad SMARTS) is 1. The number of aliphatic carboxylic acids is 1. The first-order valence-corrected chi connectivity index (χ1v) is 10.2. The summed E-state index contributed by atoms with van der Waals surface area (Å²) in [5.41, 5.74) is 0.925. The molecule has 2 rings (SSSR count). The third-order valence-electron chi connectivity index (χ3n) is 4.85. The average Bonchev–Trinajstić information content (AvgIpc) is 2.96. The Morgan fingerprint density at radius 1 is 1.16 bits per heavy atom. The monoisotopic (exact) mass is 364 g/mol. The topological polar surface area (TPSA) is 74.6 Å².